The van der Waals surface area contributed by atoms with Crippen molar-refractivity contribution >= 4 is 21.8 Å². The Morgan fingerprint density at radius 1 is 0.333 bits per heavy atom. The molecule has 0 spiro atoms. The summed E-state index contributed by atoms with van der Waals surface area (Å²) in [7, 11) is 0. The van der Waals surface area contributed by atoms with Crippen LogP contribution in [-0.2, 0) is 0 Å². The van der Waals surface area contributed by atoms with Crippen molar-refractivity contribution < 1.29 is 9.47 Å². The van der Waals surface area contributed by atoms with Crippen LogP contribution < -0.4 is 9.47 Å². The molecule has 0 saturated carbocycles. The lowest BCUT2D eigenvalue weighted by Gasteiger charge is -2.23. The zero-order valence-electron chi connectivity index (χ0n) is 27.7. The van der Waals surface area contributed by atoms with Crippen molar-refractivity contribution in [1.29, 1.82) is 0 Å². The maximum Gasteiger partial charge on any atom is 0.136 e. The minimum atomic E-state index is 0.762. The molecule has 1 aromatic heterocycles. The van der Waals surface area contributed by atoms with E-state index < -0.39 is 0 Å². The highest BCUT2D eigenvalue weighted by molar-refractivity contribution is 6.16. The van der Waals surface area contributed by atoms with E-state index in [-0.39, 0.29) is 0 Å². The largest absolute Gasteiger partial charge is 0.456 e. The molecule has 0 bridgehead atoms. The lowest BCUT2D eigenvalue weighted by atomic mass is 9.90. The summed E-state index contributed by atoms with van der Waals surface area (Å²) in [5.74, 6) is 3.08. The standard InChI is InChI=1S/C48H31NO2/c1-3-15-32(16-4-1)35-23-14-28-46-48(35)40-31-33(29-30-45(40)50-43-26-11-8-19-37(43)38-20-9-12-27-44(38)51-46)36-22-13-25-42-47(36)39-21-7-10-24-41(39)49(42)34-17-5-2-6-18-34/h1-31H. The van der Waals surface area contributed by atoms with Gasteiger partial charge in [-0.1, -0.05) is 133 Å². The second-order valence-electron chi connectivity index (χ2n) is 12.8. The molecule has 3 nitrogen and oxygen atoms in total. The zero-order valence-corrected chi connectivity index (χ0v) is 27.7. The van der Waals surface area contributed by atoms with E-state index in [1.54, 1.807) is 0 Å². The van der Waals surface area contributed by atoms with Gasteiger partial charge < -0.3 is 14.0 Å². The fraction of sp³-hybridized carbons (Fsp3) is 0. The predicted molar refractivity (Wildman–Crippen MR) is 209 cm³/mol. The molecule has 0 aliphatic carbocycles. The van der Waals surface area contributed by atoms with Crippen LogP contribution in [0.5, 0.6) is 23.0 Å². The van der Waals surface area contributed by atoms with Gasteiger partial charge in [0.25, 0.3) is 0 Å². The highest BCUT2D eigenvalue weighted by Gasteiger charge is 2.24. The summed E-state index contributed by atoms with van der Waals surface area (Å²) < 4.78 is 16.3. The van der Waals surface area contributed by atoms with E-state index >= 15 is 0 Å². The van der Waals surface area contributed by atoms with Gasteiger partial charge in [-0.15, -0.1) is 0 Å². The van der Waals surface area contributed by atoms with Crippen molar-refractivity contribution in [1.82, 2.24) is 4.57 Å². The van der Waals surface area contributed by atoms with Crippen LogP contribution in [0.1, 0.15) is 0 Å². The van der Waals surface area contributed by atoms with Crippen LogP contribution in [0, 0.1) is 0 Å². The highest BCUT2D eigenvalue weighted by atomic mass is 16.5. The van der Waals surface area contributed by atoms with Crippen molar-refractivity contribution in [2.45, 2.75) is 0 Å². The number of ether oxygens (including phenoxy) is 2. The van der Waals surface area contributed by atoms with Gasteiger partial charge in [0.1, 0.15) is 23.0 Å². The SMILES string of the molecule is c1ccc(-c2cccc3c2-c2cc(-c4cccc5c4c4ccccc4n5-c4ccccc4)ccc2Oc2ccccc2-c2ccccc2O3)cc1. The minimum absolute atomic E-state index is 0.762. The van der Waals surface area contributed by atoms with Crippen molar-refractivity contribution in [3.05, 3.63) is 188 Å². The molecule has 1 aliphatic rings. The first-order chi connectivity index (χ1) is 25.3. The van der Waals surface area contributed by atoms with Gasteiger partial charge in [0.05, 0.1) is 11.0 Å². The van der Waals surface area contributed by atoms with E-state index in [4.69, 9.17) is 9.47 Å². The van der Waals surface area contributed by atoms with Gasteiger partial charge in [-0.25, -0.2) is 0 Å². The molecule has 0 radical (unpaired) electrons. The molecule has 9 aromatic rings. The molecule has 0 N–H and O–H groups in total. The molecule has 0 amide bonds. The Kier molecular flexibility index (Phi) is 6.81. The van der Waals surface area contributed by atoms with Gasteiger partial charge in [-0.05, 0) is 76.9 Å². The third-order valence-electron chi connectivity index (χ3n) is 9.89. The van der Waals surface area contributed by atoms with Crippen LogP contribution in [0.25, 0.3) is 72.0 Å². The van der Waals surface area contributed by atoms with E-state index in [0.717, 1.165) is 78.7 Å². The zero-order chi connectivity index (χ0) is 33.7. The Balaban J connectivity index is 1.27. The van der Waals surface area contributed by atoms with E-state index in [1.165, 1.54) is 16.3 Å². The molecule has 0 saturated heterocycles. The lowest BCUT2D eigenvalue weighted by Crippen LogP contribution is -1.99. The number of hydrogen-bond acceptors (Lipinski definition) is 2. The Labute approximate surface area is 296 Å². The highest BCUT2D eigenvalue weighted by Crippen LogP contribution is 2.51. The first kappa shape index (κ1) is 29.1. The van der Waals surface area contributed by atoms with Crippen LogP contribution in [0.4, 0.5) is 0 Å². The first-order valence-corrected chi connectivity index (χ1v) is 17.3. The molecular weight excluding hydrogens is 623 g/mol. The fourth-order valence-electron chi connectivity index (χ4n) is 7.64. The summed E-state index contributed by atoms with van der Waals surface area (Å²) in [5, 5.41) is 2.42. The minimum Gasteiger partial charge on any atom is -0.456 e. The molecule has 240 valence electrons. The molecule has 1 aliphatic heterocycles. The van der Waals surface area contributed by atoms with Gasteiger partial charge in [0, 0.05) is 38.7 Å². The Morgan fingerprint density at radius 2 is 0.882 bits per heavy atom. The topological polar surface area (TPSA) is 23.4 Å². The number of para-hydroxylation sites is 4. The molecule has 0 unspecified atom stereocenters. The monoisotopic (exact) mass is 653 g/mol. The van der Waals surface area contributed by atoms with Gasteiger partial charge in [0.2, 0.25) is 0 Å². The molecule has 2 heterocycles. The van der Waals surface area contributed by atoms with Gasteiger partial charge in [0.15, 0.2) is 0 Å². The number of nitrogens with zero attached hydrogens (tertiary/aromatic N) is 1. The summed E-state index contributed by atoms with van der Waals surface area (Å²) in [6, 6.07) is 65.7. The lowest BCUT2D eigenvalue weighted by molar-refractivity contribution is 0.472. The third kappa shape index (κ3) is 4.82. The molecule has 3 heteroatoms. The van der Waals surface area contributed by atoms with Crippen LogP contribution in [0.3, 0.4) is 0 Å². The van der Waals surface area contributed by atoms with E-state index in [1.807, 2.05) is 36.4 Å². The molecule has 8 aromatic carbocycles. The van der Waals surface area contributed by atoms with Gasteiger partial charge in [-0.2, -0.15) is 0 Å². The van der Waals surface area contributed by atoms with E-state index in [0.29, 0.717) is 0 Å². The molecule has 51 heavy (non-hydrogen) atoms. The summed E-state index contributed by atoms with van der Waals surface area (Å²) in [4.78, 5) is 0. The van der Waals surface area contributed by atoms with Crippen molar-refractivity contribution in [2.75, 3.05) is 0 Å². The Bertz CT molecular complexity index is 2740. The smallest absolute Gasteiger partial charge is 0.136 e. The predicted octanol–water partition coefficient (Wildman–Crippen LogP) is 13.3. The first-order valence-electron chi connectivity index (χ1n) is 17.3. The molecule has 0 atom stereocenters. The summed E-state index contributed by atoms with van der Waals surface area (Å²) in [5.41, 5.74) is 11.8. The normalized spacial score (nSPS) is 11.8. The average Bonchev–Trinajstić information content (AvgIpc) is 3.54. The van der Waals surface area contributed by atoms with Crippen LogP contribution in [0.2, 0.25) is 0 Å². The van der Waals surface area contributed by atoms with Crippen LogP contribution >= 0.6 is 0 Å². The maximum absolute atomic E-state index is 6.97. The Morgan fingerprint density at radius 3 is 1.67 bits per heavy atom. The fourth-order valence-corrected chi connectivity index (χ4v) is 7.64. The quantitative estimate of drug-likeness (QED) is 0.189. The van der Waals surface area contributed by atoms with Crippen LogP contribution in [-0.4, -0.2) is 4.57 Å². The van der Waals surface area contributed by atoms with Gasteiger partial charge >= 0.3 is 0 Å². The van der Waals surface area contributed by atoms with Crippen molar-refractivity contribution in [2.24, 2.45) is 0 Å². The summed E-state index contributed by atoms with van der Waals surface area (Å²) in [6.07, 6.45) is 0. The molecular formula is C48H31NO2. The summed E-state index contributed by atoms with van der Waals surface area (Å²) >= 11 is 0. The van der Waals surface area contributed by atoms with E-state index in [2.05, 4.69) is 156 Å². The number of aromatic nitrogens is 1. The summed E-state index contributed by atoms with van der Waals surface area (Å²) in [6.45, 7) is 0. The van der Waals surface area contributed by atoms with E-state index in [9.17, 15) is 0 Å². The van der Waals surface area contributed by atoms with Gasteiger partial charge in [-0.3, -0.25) is 0 Å². The maximum atomic E-state index is 6.97. The average molecular weight is 654 g/mol. The second kappa shape index (κ2) is 11.9. The third-order valence-corrected chi connectivity index (χ3v) is 9.89. The molecule has 0 fully saturated rings. The second-order valence-corrected chi connectivity index (χ2v) is 12.8. The molecule has 10 rings (SSSR count). The Hall–Kier alpha value is -6.84. The number of benzene rings is 8. The van der Waals surface area contributed by atoms with Crippen LogP contribution in [0.15, 0.2) is 188 Å². The number of rotatable bonds is 3. The van der Waals surface area contributed by atoms with Crippen molar-refractivity contribution in [3.8, 4) is 73.2 Å². The van der Waals surface area contributed by atoms with Crippen molar-refractivity contribution in [3.63, 3.8) is 0 Å². The number of hydrogen-bond donors (Lipinski definition) is 0. The number of fused-ring (bicyclic) bond motifs is 9.